The number of hydrogen-bond donors (Lipinski definition) is 3. The summed E-state index contributed by atoms with van der Waals surface area (Å²) in [6.07, 6.45) is 1.44. The monoisotopic (exact) mass is 281 g/mol. The van der Waals surface area contributed by atoms with Gasteiger partial charge in [-0.05, 0) is 12.1 Å². The van der Waals surface area contributed by atoms with Crippen LogP contribution in [0.3, 0.4) is 0 Å². The summed E-state index contributed by atoms with van der Waals surface area (Å²) in [6.45, 7) is 0.242. The maximum Gasteiger partial charge on any atom is 0.335 e. The second-order valence-corrected chi connectivity index (χ2v) is 3.78. The van der Waals surface area contributed by atoms with Crippen molar-refractivity contribution in [3.63, 3.8) is 0 Å². The lowest BCUT2D eigenvalue weighted by Crippen LogP contribution is -2.36. The number of carbonyl (C=O) groups is 3. The Bertz CT molecular complexity index is 504. The molecule has 0 saturated heterocycles. The zero-order valence-corrected chi connectivity index (χ0v) is 10.9. The highest BCUT2D eigenvalue weighted by Gasteiger charge is 2.06. The van der Waals surface area contributed by atoms with E-state index < -0.39 is 18.0 Å². The van der Waals surface area contributed by atoms with Crippen molar-refractivity contribution >= 4 is 18.0 Å². The van der Waals surface area contributed by atoms with Crippen LogP contribution in [0.1, 0.15) is 22.5 Å². The molecule has 8 heteroatoms. The van der Waals surface area contributed by atoms with Gasteiger partial charge in [-0.25, -0.2) is 9.59 Å². The quantitative estimate of drug-likeness (QED) is 0.638. The summed E-state index contributed by atoms with van der Waals surface area (Å²) >= 11 is 0. The average molecular weight is 281 g/mol. The van der Waals surface area contributed by atoms with Crippen LogP contribution in [-0.4, -0.2) is 41.7 Å². The van der Waals surface area contributed by atoms with Gasteiger partial charge in [0.1, 0.15) is 0 Å². The molecule has 1 aromatic heterocycles. The minimum absolute atomic E-state index is 0.0800. The van der Waals surface area contributed by atoms with Crippen LogP contribution in [0.4, 0.5) is 4.79 Å². The number of carbonyl (C=O) groups excluding carboxylic acids is 2. The molecule has 0 aliphatic rings. The van der Waals surface area contributed by atoms with Crippen molar-refractivity contribution in [2.75, 3.05) is 13.7 Å². The zero-order chi connectivity index (χ0) is 15.0. The number of nitrogens with zero attached hydrogens (tertiary/aromatic N) is 1. The molecule has 20 heavy (non-hydrogen) atoms. The summed E-state index contributed by atoms with van der Waals surface area (Å²) in [4.78, 5) is 36.9. The van der Waals surface area contributed by atoms with Crippen LogP contribution >= 0.6 is 0 Å². The van der Waals surface area contributed by atoms with E-state index in [4.69, 9.17) is 5.11 Å². The molecule has 108 valence electrons. The second-order valence-electron chi connectivity index (χ2n) is 3.78. The lowest BCUT2D eigenvalue weighted by Gasteiger charge is -2.07. The molecular formula is C12H15N3O5. The first-order valence-corrected chi connectivity index (χ1v) is 5.79. The Morgan fingerprint density at radius 2 is 2.10 bits per heavy atom. The lowest BCUT2D eigenvalue weighted by molar-refractivity contribution is -0.140. The van der Waals surface area contributed by atoms with Gasteiger partial charge in [-0.1, -0.05) is 0 Å². The number of hydrogen-bond acceptors (Lipinski definition) is 5. The normalized spacial score (nSPS) is 9.65. The van der Waals surface area contributed by atoms with E-state index in [0.717, 1.165) is 0 Å². The van der Waals surface area contributed by atoms with Gasteiger partial charge >= 0.3 is 18.0 Å². The molecular weight excluding hydrogens is 266 g/mol. The van der Waals surface area contributed by atoms with Gasteiger partial charge in [0.05, 0.1) is 31.3 Å². The minimum Gasteiger partial charge on any atom is -0.478 e. The van der Waals surface area contributed by atoms with Gasteiger partial charge < -0.3 is 20.5 Å². The van der Waals surface area contributed by atoms with E-state index in [-0.39, 0.29) is 25.1 Å². The molecule has 0 fully saturated rings. The Morgan fingerprint density at radius 1 is 1.35 bits per heavy atom. The number of carboxylic acid groups (broad SMARTS) is 1. The molecule has 0 radical (unpaired) electrons. The third-order valence-electron chi connectivity index (χ3n) is 2.34. The lowest BCUT2D eigenvalue weighted by atomic mass is 10.2. The molecule has 0 aliphatic heterocycles. The first-order valence-electron chi connectivity index (χ1n) is 5.79. The van der Waals surface area contributed by atoms with Crippen LogP contribution in [0.5, 0.6) is 0 Å². The predicted octanol–water partition coefficient (Wildman–Crippen LogP) is 0.142. The van der Waals surface area contributed by atoms with Crippen LogP contribution in [0.15, 0.2) is 18.3 Å². The molecule has 8 nitrogen and oxygen atoms in total. The van der Waals surface area contributed by atoms with Gasteiger partial charge in [-0.3, -0.25) is 9.78 Å². The van der Waals surface area contributed by atoms with Crippen LogP contribution in [0, 0.1) is 0 Å². The SMILES string of the molecule is COC(=O)CCNC(=O)NCc1cc(C(=O)O)ccn1. The Kier molecular flexibility index (Phi) is 5.95. The average Bonchev–Trinajstić information content (AvgIpc) is 2.45. The van der Waals surface area contributed by atoms with Gasteiger partial charge in [0.15, 0.2) is 0 Å². The van der Waals surface area contributed by atoms with Crippen LogP contribution < -0.4 is 10.6 Å². The Balaban J connectivity index is 2.35. The molecule has 0 unspecified atom stereocenters. The number of aromatic carboxylic acids is 1. The smallest absolute Gasteiger partial charge is 0.335 e. The second kappa shape index (κ2) is 7.72. The molecule has 0 saturated carbocycles. The summed E-state index contributed by atoms with van der Waals surface area (Å²) in [6, 6.07) is 2.26. The fourth-order valence-electron chi connectivity index (χ4n) is 1.32. The van der Waals surface area contributed by atoms with E-state index in [1.54, 1.807) is 0 Å². The third-order valence-corrected chi connectivity index (χ3v) is 2.34. The number of rotatable bonds is 6. The number of methoxy groups -OCH3 is 1. The Labute approximate surface area is 115 Å². The van der Waals surface area contributed by atoms with E-state index in [1.165, 1.54) is 25.4 Å². The van der Waals surface area contributed by atoms with E-state index >= 15 is 0 Å². The van der Waals surface area contributed by atoms with Gasteiger partial charge in [0.2, 0.25) is 0 Å². The fraction of sp³-hybridized carbons (Fsp3) is 0.333. The highest BCUT2D eigenvalue weighted by molar-refractivity contribution is 5.87. The maximum atomic E-state index is 11.4. The highest BCUT2D eigenvalue weighted by atomic mass is 16.5. The maximum absolute atomic E-state index is 11.4. The van der Waals surface area contributed by atoms with Crippen molar-refractivity contribution in [2.45, 2.75) is 13.0 Å². The van der Waals surface area contributed by atoms with E-state index in [1.807, 2.05) is 0 Å². The predicted molar refractivity (Wildman–Crippen MR) is 68.1 cm³/mol. The standard InChI is InChI=1S/C12H15N3O5/c1-20-10(16)3-5-14-12(19)15-7-9-6-8(11(17)18)2-4-13-9/h2,4,6H,3,5,7H2,1H3,(H,17,18)(H2,14,15,19). The number of amides is 2. The van der Waals surface area contributed by atoms with Crippen molar-refractivity contribution in [3.05, 3.63) is 29.6 Å². The number of ether oxygens (including phenoxy) is 1. The first-order chi connectivity index (χ1) is 9.52. The molecule has 0 atom stereocenters. The molecule has 3 N–H and O–H groups in total. The van der Waals surface area contributed by atoms with Gasteiger partial charge in [-0.15, -0.1) is 0 Å². The molecule has 1 rings (SSSR count). The van der Waals surface area contributed by atoms with Crippen molar-refractivity contribution < 1.29 is 24.2 Å². The Morgan fingerprint density at radius 3 is 2.75 bits per heavy atom. The number of esters is 1. The largest absolute Gasteiger partial charge is 0.478 e. The zero-order valence-electron chi connectivity index (χ0n) is 10.9. The summed E-state index contributed by atoms with van der Waals surface area (Å²) in [5.41, 5.74) is 0.524. The summed E-state index contributed by atoms with van der Waals surface area (Å²) < 4.78 is 4.42. The van der Waals surface area contributed by atoms with Crippen molar-refractivity contribution in [3.8, 4) is 0 Å². The molecule has 0 aromatic carbocycles. The fourth-order valence-corrected chi connectivity index (χ4v) is 1.32. The van der Waals surface area contributed by atoms with Crippen LogP contribution in [0.2, 0.25) is 0 Å². The molecule has 2 amide bonds. The molecule has 0 bridgehead atoms. The third kappa shape index (κ3) is 5.34. The summed E-state index contributed by atoms with van der Waals surface area (Å²) in [7, 11) is 1.27. The number of carboxylic acids is 1. The number of urea groups is 1. The van der Waals surface area contributed by atoms with Gasteiger partial charge in [-0.2, -0.15) is 0 Å². The van der Waals surface area contributed by atoms with Gasteiger partial charge in [0, 0.05) is 12.7 Å². The minimum atomic E-state index is -1.06. The summed E-state index contributed by atoms with van der Waals surface area (Å²) in [5, 5.41) is 13.8. The Hall–Kier alpha value is -2.64. The van der Waals surface area contributed by atoms with Crippen LogP contribution in [-0.2, 0) is 16.1 Å². The molecule has 1 heterocycles. The van der Waals surface area contributed by atoms with Crippen LogP contribution in [0.25, 0.3) is 0 Å². The number of pyridine rings is 1. The summed E-state index contributed by atoms with van der Waals surface area (Å²) in [5.74, 6) is -1.47. The van der Waals surface area contributed by atoms with Crippen molar-refractivity contribution in [1.82, 2.24) is 15.6 Å². The van der Waals surface area contributed by atoms with Crippen molar-refractivity contribution in [1.29, 1.82) is 0 Å². The first kappa shape index (κ1) is 15.4. The molecule has 1 aromatic rings. The van der Waals surface area contributed by atoms with E-state index in [0.29, 0.717) is 5.69 Å². The van der Waals surface area contributed by atoms with Gasteiger partial charge in [0.25, 0.3) is 0 Å². The topological polar surface area (TPSA) is 118 Å². The van der Waals surface area contributed by atoms with Crippen molar-refractivity contribution in [2.24, 2.45) is 0 Å². The van der Waals surface area contributed by atoms with E-state index in [2.05, 4.69) is 20.4 Å². The molecule has 0 spiro atoms. The highest BCUT2D eigenvalue weighted by Crippen LogP contribution is 2.01. The number of nitrogens with one attached hydrogen (secondary N) is 2. The van der Waals surface area contributed by atoms with E-state index in [9.17, 15) is 14.4 Å². The molecule has 0 aliphatic carbocycles. The number of aromatic nitrogens is 1.